The first-order valence-corrected chi connectivity index (χ1v) is 9.78. The van der Waals surface area contributed by atoms with Crippen LogP contribution in [-0.4, -0.2) is 30.1 Å². The van der Waals surface area contributed by atoms with Crippen LogP contribution in [0, 0.1) is 0 Å². The van der Waals surface area contributed by atoms with Crippen molar-refractivity contribution in [1.82, 2.24) is 4.98 Å². The standard InChI is InChI=1S/C22H20N2O4S/c1-15(28-20(25)13-12-17-10-6-7-11-19(17)27-2)21(26)24-22-23-18(14-29-22)16-8-4-3-5-9-16/h3-15H,1-2H3,(H,23,24,26)/b13-12+/t15-/m0/s1. The molecule has 3 aromatic rings. The van der Waals surface area contributed by atoms with Gasteiger partial charge < -0.3 is 9.47 Å². The summed E-state index contributed by atoms with van der Waals surface area (Å²) in [4.78, 5) is 28.7. The van der Waals surface area contributed by atoms with Crippen LogP contribution in [0.3, 0.4) is 0 Å². The zero-order valence-corrected chi connectivity index (χ0v) is 16.8. The molecule has 29 heavy (non-hydrogen) atoms. The average Bonchev–Trinajstić information content (AvgIpc) is 3.21. The van der Waals surface area contributed by atoms with Crippen molar-refractivity contribution in [3.63, 3.8) is 0 Å². The highest BCUT2D eigenvalue weighted by molar-refractivity contribution is 7.14. The van der Waals surface area contributed by atoms with Gasteiger partial charge in [0.15, 0.2) is 11.2 Å². The summed E-state index contributed by atoms with van der Waals surface area (Å²) in [5.74, 6) is -0.430. The largest absolute Gasteiger partial charge is 0.496 e. The second-order valence-corrected chi connectivity index (χ2v) is 6.91. The highest BCUT2D eigenvalue weighted by atomic mass is 32.1. The summed E-state index contributed by atoms with van der Waals surface area (Å²) in [6.45, 7) is 1.51. The van der Waals surface area contributed by atoms with Crippen LogP contribution in [-0.2, 0) is 14.3 Å². The third kappa shape index (κ3) is 5.52. The van der Waals surface area contributed by atoms with Crippen LogP contribution in [0.4, 0.5) is 5.13 Å². The number of rotatable bonds is 7. The number of nitrogens with zero attached hydrogens (tertiary/aromatic N) is 1. The van der Waals surface area contributed by atoms with E-state index in [1.807, 2.05) is 53.9 Å². The Morgan fingerprint density at radius 1 is 1.10 bits per heavy atom. The van der Waals surface area contributed by atoms with Crippen molar-refractivity contribution < 1.29 is 19.1 Å². The maximum Gasteiger partial charge on any atom is 0.331 e. The molecule has 6 nitrogen and oxygen atoms in total. The number of methoxy groups -OCH3 is 1. The summed E-state index contributed by atoms with van der Waals surface area (Å²) < 4.78 is 10.4. The number of para-hydroxylation sites is 1. The van der Waals surface area contributed by atoms with Gasteiger partial charge in [-0.3, -0.25) is 10.1 Å². The Kier molecular flexibility index (Phi) is 6.76. The lowest BCUT2D eigenvalue weighted by atomic mass is 10.2. The second kappa shape index (κ2) is 9.66. The molecule has 1 heterocycles. The third-order valence-corrected chi connectivity index (χ3v) is 4.76. The summed E-state index contributed by atoms with van der Waals surface area (Å²) in [5, 5.41) is 4.98. The third-order valence-electron chi connectivity index (χ3n) is 4.00. The first kappa shape index (κ1) is 20.3. The van der Waals surface area contributed by atoms with E-state index in [4.69, 9.17) is 9.47 Å². The van der Waals surface area contributed by atoms with Gasteiger partial charge in [0.1, 0.15) is 5.75 Å². The molecule has 1 aromatic heterocycles. The number of nitrogens with one attached hydrogen (secondary N) is 1. The van der Waals surface area contributed by atoms with E-state index >= 15 is 0 Å². The SMILES string of the molecule is COc1ccccc1/C=C/C(=O)O[C@@H](C)C(=O)Nc1nc(-c2ccccc2)cs1. The Morgan fingerprint density at radius 3 is 2.59 bits per heavy atom. The molecule has 148 valence electrons. The van der Waals surface area contributed by atoms with Crippen molar-refractivity contribution in [2.45, 2.75) is 13.0 Å². The van der Waals surface area contributed by atoms with Crippen LogP contribution >= 0.6 is 11.3 Å². The number of hydrogen-bond donors (Lipinski definition) is 1. The Hall–Kier alpha value is -3.45. The van der Waals surface area contributed by atoms with Crippen LogP contribution in [0.1, 0.15) is 12.5 Å². The summed E-state index contributed by atoms with van der Waals surface area (Å²) in [6.07, 6.45) is 1.88. The fraction of sp³-hybridized carbons (Fsp3) is 0.136. The monoisotopic (exact) mass is 408 g/mol. The van der Waals surface area contributed by atoms with Gasteiger partial charge in [-0.05, 0) is 19.1 Å². The van der Waals surface area contributed by atoms with Crippen molar-refractivity contribution in [2.24, 2.45) is 0 Å². The van der Waals surface area contributed by atoms with Gasteiger partial charge in [-0.15, -0.1) is 11.3 Å². The van der Waals surface area contributed by atoms with Gasteiger partial charge in [0.25, 0.3) is 5.91 Å². The van der Waals surface area contributed by atoms with E-state index in [1.54, 1.807) is 19.3 Å². The predicted octanol–water partition coefficient (Wildman–Crippen LogP) is 4.40. The number of hydrogen-bond acceptors (Lipinski definition) is 6. The number of amides is 1. The van der Waals surface area contributed by atoms with Crippen molar-refractivity contribution in [2.75, 3.05) is 12.4 Å². The Bertz CT molecular complexity index is 1010. The number of carbonyl (C=O) groups is 2. The molecule has 0 fully saturated rings. The molecule has 1 atom stereocenters. The van der Waals surface area contributed by atoms with Crippen molar-refractivity contribution in [3.8, 4) is 17.0 Å². The van der Waals surface area contributed by atoms with Crippen LogP contribution in [0.2, 0.25) is 0 Å². The molecule has 0 aliphatic heterocycles. The second-order valence-electron chi connectivity index (χ2n) is 6.05. The Labute approximate surface area is 172 Å². The molecular weight excluding hydrogens is 388 g/mol. The molecule has 0 aliphatic carbocycles. The number of aromatic nitrogens is 1. The van der Waals surface area contributed by atoms with E-state index in [-0.39, 0.29) is 0 Å². The van der Waals surface area contributed by atoms with Gasteiger partial charge >= 0.3 is 5.97 Å². The zero-order valence-electron chi connectivity index (χ0n) is 16.0. The topological polar surface area (TPSA) is 77.5 Å². The van der Waals surface area contributed by atoms with Gasteiger partial charge in [-0.1, -0.05) is 48.5 Å². The molecule has 3 rings (SSSR count). The number of thiazole rings is 1. The number of anilines is 1. The number of carbonyl (C=O) groups excluding carboxylic acids is 2. The molecule has 1 amide bonds. The van der Waals surface area contributed by atoms with Crippen molar-refractivity contribution in [3.05, 3.63) is 71.6 Å². The van der Waals surface area contributed by atoms with Crippen molar-refractivity contribution in [1.29, 1.82) is 0 Å². The quantitative estimate of drug-likeness (QED) is 0.463. The van der Waals surface area contributed by atoms with Crippen molar-refractivity contribution >= 4 is 34.4 Å². The highest BCUT2D eigenvalue weighted by Crippen LogP contribution is 2.24. The van der Waals surface area contributed by atoms with E-state index in [0.717, 1.165) is 16.8 Å². The minimum Gasteiger partial charge on any atom is -0.496 e. The minimum atomic E-state index is -0.964. The minimum absolute atomic E-state index is 0.446. The molecule has 1 N–H and O–H groups in total. The summed E-state index contributed by atoms with van der Waals surface area (Å²) in [5.41, 5.74) is 2.47. The first-order chi connectivity index (χ1) is 14.1. The fourth-order valence-corrected chi connectivity index (χ4v) is 3.23. The molecule has 0 radical (unpaired) electrons. The van der Waals surface area contributed by atoms with E-state index in [0.29, 0.717) is 10.9 Å². The normalized spacial score (nSPS) is 11.8. The van der Waals surface area contributed by atoms with Crippen LogP contribution in [0.25, 0.3) is 17.3 Å². The van der Waals surface area contributed by atoms with E-state index < -0.39 is 18.0 Å². The van der Waals surface area contributed by atoms with Gasteiger partial charge in [-0.25, -0.2) is 9.78 Å². The molecular formula is C22H20N2O4S. The molecule has 0 spiro atoms. The predicted molar refractivity (Wildman–Crippen MR) is 114 cm³/mol. The maximum atomic E-state index is 12.3. The molecule has 0 bridgehead atoms. The molecule has 0 aliphatic rings. The number of esters is 1. The van der Waals surface area contributed by atoms with E-state index in [2.05, 4.69) is 10.3 Å². The first-order valence-electron chi connectivity index (χ1n) is 8.90. The lowest BCUT2D eigenvalue weighted by Gasteiger charge is -2.10. The van der Waals surface area contributed by atoms with E-state index in [1.165, 1.54) is 24.3 Å². The summed E-state index contributed by atoms with van der Waals surface area (Å²) in [6, 6.07) is 16.9. The number of benzene rings is 2. The van der Waals surface area contributed by atoms with Gasteiger partial charge in [-0.2, -0.15) is 0 Å². The molecule has 0 unspecified atom stereocenters. The van der Waals surface area contributed by atoms with Gasteiger partial charge in [0, 0.05) is 22.6 Å². The van der Waals surface area contributed by atoms with Crippen LogP contribution < -0.4 is 10.1 Å². The van der Waals surface area contributed by atoms with Crippen LogP contribution in [0.15, 0.2) is 66.1 Å². The maximum absolute atomic E-state index is 12.3. The molecule has 7 heteroatoms. The van der Waals surface area contributed by atoms with Gasteiger partial charge in [0.2, 0.25) is 0 Å². The molecule has 2 aromatic carbocycles. The summed E-state index contributed by atoms with van der Waals surface area (Å²) in [7, 11) is 1.55. The zero-order chi connectivity index (χ0) is 20.6. The fourth-order valence-electron chi connectivity index (χ4n) is 2.51. The van der Waals surface area contributed by atoms with Gasteiger partial charge in [0.05, 0.1) is 12.8 Å². The lowest BCUT2D eigenvalue weighted by molar-refractivity contribution is -0.148. The average molecular weight is 408 g/mol. The Balaban J connectivity index is 1.56. The Morgan fingerprint density at radius 2 is 1.83 bits per heavy atom. The highest BCUT2D eigenvalue weighted by Gasteiger charge is 2.18. The molecule has 0 saturated carbocycles. The lowest BCUT2D eigenvalue weighted by Crippen LogP contribution is -2.29. The smallest absolute Gasteiger partial charge is 0.331 e. The molecule has 0 saturated heterocycles. The summed E-state index contributed by atoms with van der Waals surface area (Å²) >= 11 is 1.31. The van der Waals surface area contributed by atoms with Crippen LogP contribution in [0.5, 0.6) is 5.75 Å². The van der Waals surface area contributed by atoms with E-state index in [9.17, 15) is 9.59 Å². The number of ether oxygens (including phenoxy) is 2.